The summed E-state index contributed by atoms with van der Waals surface area (Å²) in [4.78, 5) is 13.9. The lowest BCUT2D eigenvalue weighted by atomic mass is 10.2. The monoisotopic (exact) mass is 292 g/mol. The molecule has 0 spiro atoms. The number of carbonyl (C=O) groups is 1. The Labute approximate surface area is 106 Å². The third-order valence-electron chi connectivity index (χ3n) is 2.51. The van der Waals surface area contributed by atoms with Gasteiger partial charge in [-0.05, 0) is 28.1 Å². The molecule has 0 bridgehead atoms. The van der Waals surface area contributed by atoms with E-state index < -0.39 is 5.97 Å². The Kier molecular flexibility index (Phi) is 3.16. The molecule has 0 radical (unpaired) electrons. The van der Waals surface area contributed by atoms with Gasteiger partial charge in [-0.15, -0.1) is 0 Å². The van der Waals surface area contributed by atoms with Crippen LogP contribution in [0.2, 0.25) is 0 Å². The van der Waals surface area contributed by atoms with E-state index in [-0.39, 0.29) is 6.42 Å². The molecule has 1 N–H and O–H groups in total. The molecule has 0 saturated heterocycles. The van der Waals surface area contributed by atoms with Gasteiger partial charge in [-0.2, -0.15) is 0 Å². The Balaban J connectivity index is 2.45. The van der Waals surface area contributed by atoms with Crippen LogP contribution in [0.3, 0.4) is 0 Å². The molecule has 2 aromatic rings. The quantitative estimate of drug-likeness (QED) is 0.881. The molecule has 17 heavy (non-hydrogen) atoms. The first-order valence-electron chi connectivity index (χ1n) is 4.99. The summed E-state index contributed by atoms with van der Waals surface area (Å²) in [7, 11) is 0. The first-order valence-corrected chi connectivity index (χ1v) is 5.79. The molecule has 86 valence electrons. The van der Waals surface area contributed by atoms with Crippen molar-refractivity contribution in [2.75, 3.05) is 0 Å². The van der Waals surface area contributed by atoms with E-state index in [2.05, 4.69) is 20.8 Å². The van der Waals surface area contributed by atoms with Gasteiger partial charge in [0.25, 0.3) is 0 Å². The van der Waals surface area contributed by atoms with Gasteiger partial charge in [-0.1, -0.05) is 6.07 Å². The SMILES string of the molecule is [C-]#[N+]c1ccc2c(c1)c(Br)cn2CCC(=O)O. The number of nitrogens with zero attached hydrogens (tertiary/aromatic N) is 2. The third kappa shape index (κ3) is 2.32. The van der Waals surface area contributed by atoms with Gasteiger partial charge >= 0.3 is 5.97 Å². The highest BCUT2D eigenvalue weighted by atomic mass is 79.9. The van der Waals surface area contributed by atoms with E-state index in [4.69, 9.17) is 11.7 Å². The molecule has 5 heteroatoms. The average molecular weight is 293 g/mol. The van der Waals surface area contributed by atoms with Crippen LogP contribution in [0.4, 0.5) is 5.69 Å². The predicted molar refractivity (Wildman–Crippen MR) is 68.2 cm³/mol. The van der Waals surface area contributed by atoms with E-state index in [1.54, 1.807) is 12.1 Å². The predicted octanol–water partition coefficient (Wildman–Crippen LogP) is 3.43. The average Bonchev–Trinajstić information content (AvgIpc) is 2.63. The number of aliphatic carboxylic acids is 1. The van der Waals surface area contributed by atoms with Crippen LogP contribution in [0.5, 0.6) is 0 Å². The molecule has 0 atom stereocenters. The minimum absolute atomic E-state index is 0.0841. The van der Waals surface area contributed by atoms with Crippen molar-refractivity contribution in [3.63, 3.8) is 0 Å². The number of aryl methyl sites for hydroxylation is 1. The van der Waals surface area contributed by atoms with E-state index in [0.717, 1.165) is 15.4 Å². The minimum atomic E-state index is -0.819. The normalized spacial score (nSPS) is 10.4. The molecule has 1 heterocycles. The van der Waals surface area contributed by atoms with Gasteiger partial charge in [-0.3, -0.25) is 4.79 Å². The number of fused-ring (bicyclic) bond motifs is 1. The van der Waals surface area contributed by atoms with Crippen LogP contribution in [-0.2, 0) is 11.3 Å². The Morgan fingerprint density at radius 3 is 2.94 bits per heavy atom. The van der Waals surface area contributed by atoms with Gasteiger partial charge in [0.15, 0.2) is 5.69 Å². The van der Waals surface area contributed by atoms with Crippen LogP contribution in [0.1, 0.15) is 6.42 Å². The summed E-state index contributed by atoms with van der Waals surface area (Å²) in [5.41, 5.74) is 1.51. The highest BCUT2D eigenvalue weighted by Gasteiger charge is 2.08. The van der Waals surface area contributed by atoms with Crippen molar-refractivity contribution in [3.8, 4) is 0 Å². The van der Waals surface area contributed by atoms with Gasteiger partial charge < -0.3 is 9.67 Å². The van der Waals surface area contributed by atoms with Crippen LogP contribution in [0, 0.1) is 6.57 Å². The van der Waals surface area contributed by atoms with Gasteiger partial charge in [0.1, 0.15) is 0 Å². The molecule has 0 aliphatic heterocycles. The summed E-state index contributed by atoms with van der Waals surface area (Å²) in [5, 5.41) is 9.61. The highest BCUT2D eigenvalue weighted by Crippen LogP contribution is 2.29. The fourth-order valence-electron chi connectivity index (χ4n) is 1.71. The van der Waals surface area contributed by atoms with Crippen molar-refractivity contribution >= 4 is 38.5 Å². The van der Waals surface area contributed by atoms with Crippen LogP contribution in [-0.4, -0.2) is 15.6 Å². The van der Waals surface area contributed by atoms with E-state index >= 15 is 0 Å². The third-order valence-corrected chi connectivity index (χ3v) is 3.14. The molecule has 2 rings (SSSR count). The first kappa shape index (κ1) is 11.7. The van der Waals surface area contributed by atoms with Crippen molar-refractivity contribution in [1.29, 1.82) is 0 Å². The molecular formula is C12H9BrN2O2. The van der Waals surface area contributed by atoms with E-state index in [1.807, 2.05) is 16.8 Å². The lowest BCUT2D eigenvalue weighted by Gasteiger charge is -2.02. The maximum atomic E-state index is 10.6. The zero-order chi connectivity index (χ0) is 12.4. The second-order valence-corrected chi connectivity index (χ2v) is 4.48. The minimum Gasteiger partial charge on any atom is -0.481 e. The number of carboxylic acids is 1. The van der Waals surface area contributed by atoms with E-state index in [0.29, 0.717) is 12.2 Å². The molecule has 1 aromatic carbocycles. The molecule has 1 aromatic heterocycles. The number of aromatic nitrogens is 1. The number of benzene rings is 1. The summed E-state index contributed by atoms with van der Waals surface area (Å²) >= 11 is 3.42. The molecule has 0 amide bonds. The highest BCUT2D eigenvalue weighted by molar-refractivity contribution is 9.10. The fourth-order valence-corrected chi connectivity index (χ4v) is 2.28. The van der Waals surface area contributed by atoms with Gasteiger partial charge in [0.05, 0.1) is 13.0 Å². The van der Waals surface area contributed by atoms with E-state index in [9.17, 15) is 4.79 Å². The molecule has 0 saturated carbocycles. The first-order chi connectivity index (χ1) is 8.11. The van der Waals surface area contributed by atoms with Gasteiger partial charge in [-0.25, -0.2) is 4.85 Å². The number of carboxylic acid groups (broad SMARTS) is 1. The summed E-state index contributed by atoms with van der Waals surface area (Å²) in [5.74, 6) is -0.819. The number of hydrogen-bond acceptors (Lipinski definition) is 1. The Morgan fingerprint density at radius 2 is 2.29 bits per heavy atom. The summed E-state index contributed by atoms with van der Waals surface area (Å²) in [6.45, 7) is 7.38. The summed E-state index contributed by atoms with van der Waals surface area (Å²) in [6.07, 6.45) is 1.93. The summed E-state index contributed by atoms with van der Waals surface area (Å²) < 4.78 is 2.75. The van der Waals surface area contributed by atoms with Crippen molar-refractivity contribution in [1.82, 2.24) is 4.57 Å². The van der Waals surface area contributed by atoms with E-state index in [1.165, 1.54) is 0 Å². The standard InChI is InChI=1S/C12H9BrN2O2/c1-14-8-2-3-11-9(6-8)10(13)7-15(11)5-4-12(16)17/h2-3,6-7H,4-5H2,(H,16,17). The summed E-state index contributed by atoms with van der Waals surface area (Å²) in [6, 6.07) is 5.37. The van der Waals surface area contributed by atoms with Crippen LogP contribution < -0.4 is 0 Å². The van der Waals surface area contributed by atoms with Crippen LogP contribution >= 0.6 is 15.9 Å². The second-order valence-electron chi connectivity index (χ2n) is 3.63. The Bertz CT molecular complexity index is 625. The van der Waals surface area contributed by atoms with Crippen LogP contribution in [0.15, 0.2) is 28.9 Å². The maximum Gasteiger partial charge on any atom is 0.305 e. The Hall–Kier alpha value is -1.80. The number of halogens is 1. The lowest BCUT2D eigenvalue weighted by molar-refractivity contribution is -0.137. The zero-order valence-corrected chi connectivity index (χ0v) is 10.4. The largest absolute Gasteiger partial charge is 0.481 e. The fraction of sp³-hybridized carbons (Fsp3) is 0.167. The molecule has 0 aliphatic carbocycles. The van der Waals surface area contributed by atoms with Crippen molar-refractivity contribution in [2.24, 2.45) is 0 Å². The molecule has 0 fully saturated rings. The van der Waals surface area contributed by atoms with Crippen molar-refractivity contribution in [2.45, 2.75) is 13.0 Å². The zero-order valence-electron chi connectivity index (χ0n) is 8.85. The number of rotatable bonds is 3. The maximum absolute atomic E-state index is 10.6. The topological polar surface area (TPSA) is 46.6 Å². The van der Waals surface area contributed by atoms with Crippen molar-refractivity contribution in [3.05, 3.63) is 40.3 Å². The lowest BCUT2D eigenvalue weighted by Crippen LogP contribution is -2.03. The molecule has 4 nitrogen and oxygen atoms in total. The smallest absolute Gasteiger partial charge is 0.305 e. The van der Waals surface area contributed by atoms with Gasteiger partial charge in [0.2, 0.25) is 0 Å². The Morgan fingerprint density at radius 1 is 1.53 bits per heavy atom. The van der Waals surface area contributed by atoms with Gasteiger partial charge in [0, 0.05) is 28.1 Å². The van der Waals surface area contributed by atoms with Crippen molar-refractivity contribution < 1.29 is 9.90 Å². The van der Waals surface area contributed by atoms with Crippen LogP contribution in [0.25, 0.3) is 15.7 Å². The molecule has 0 aliphatic rings. The second kappa shape index (κ2) is 4.60. The molecule has 0 unspecified atom stereocenters. The number of hydrogen-bond donors (Lipinski definition) is 1. The molecular weight excluding hydrogens is 284 g/mol.